The molecule has 2 rings (SSSR count). The molecule has 1 aliphatic carbocycles. The number of aliphatic hydroxyl groups is 1. The lowest BCUT2D eigenvalue weighted by Crippen LogP contribution is -2.45. The summed E-state index contributed by atoms with van der Waals surface area (Å²) in [6.45, 7) is 6.62. The van der Waals surface area contributed by atoms with Gasteiger partial charge in [0.25, 0.3) is 0 Å². The van der Waals surface area contributed by atoms with Gasteiger partial charge in [-0.05, 0) is 39.5 Å². The van der Waals surface area contributed by atoms with E-state index in [0.717, 1.165) is 19.4 Å². The van der Waals surface area contributed by atoms with Crippen LogP contribution in [-0.4, -0.2) is 40.9 Å². The number of likely N-dealkylation sites (tertiary alicyclic amines) is 1. The van der Waals surface area contributed by atoms with Gasteiger partial charge < -0.3 is 14.7 Å². The fourth-order valence-corrected chi connectivity index (χ4v) is 2.89. The number of rotatable bonds is 1. The first-order valence-corrected chi connectivity index (χ1v) is 6.01. The Hall–Kier alpha value is -0.770. The number of amides is 1. The molecule has 1 amide bonds. The summed E-state index contributed by atoms with van der Waals surface area (Å²) >= 11 is 0. The Morgan fingerprint density at radius 2 is 2.12 bits per heavy atom. The molecule has 0 aromatic heterocycles. The molecule has 1 aliphatic heterocycles. The minimum atomic E-state index is -0.437. The minimum Gasteiger partial charge on any atom is -0.444 e. The van der Waals surface area contributed by atoms with Crippen LogP contribution in [0.3, 0.4) is 0 Å². The molecule has 0 aromatic rings. The topological polar surface area (TPSA) is 49.8 Å². The van der Waals surface area contributed by atoms with Crippen LogP contribution in [0.2, 0.25) is 0 Å². The van der Waals surface area contributed by atoms with Crippen molar-refractivity contribution in [2.45, 2.75) is 45.3 Å². The van der Waals surface area contributed by atoms with Crippen LogP contribution in [-0.2, 0) is 4.74 Å². The summed E-state index contributed by atoms with van der Waals surface area (Å²) in [6, 6.07) is 0.199. The van der Waals surface area contributed by atoms with Crippen LogP contribution in [0.25, 0.3) is 0 Å². The van der Waals surface area contributed by atoms with Crippen molar-refractivity contribution in [3.63, 3.8) is 0 Å². The molecule has 2 aliphatic rings. The molecule has 2 fully saturated rings. The van der Waals surface area contributed by atoms with Crippen molar-refractivity contribution >= 4 is 6.09 Å². The number of carbonyl (C=O) groups excluding carboxylic acids is 1. The van der Waals surface area contributed by atoms with Crippen LogP contribution in [0.1, 0.15) is 33.6 Å². The summed E-state index contributed by atoms with van der Waals surface area (Å²) in [4.78, 5) is 13.7. The van der Waals surface area contributed by atoms with Gasteiger partial charge in [0.15, 0.2) is 0 Å². The molecule has 1 saturated carbocycles. The van der Waals surface area contributed by atoms with Gasteiger partial charge in [0.05, 0.1) is 0 Å². The summed E-state index contributed by atoms with van der Waals surface area (Å²) in [6.07, 6.45) is 1.86. The predicted octanol–water partition coefficient (Wildman–Crippen LogP) is 1.62. The molecule has 0 spiro atoms. The Balaban J connectivity index is 1.99. The summed E-state index contributed by atoms with van der Waals surface area (Å²) in [5.41, 5.74) is -0.437. The lowest BCUT2D eigenvalue weighted by molar-refractivity contribution is 0.00910. The molecule has 1 saturated heterocycles. The smallest absolute Gasteiger partial charge is 0.410 e. The summed E-state index contributed by atoms with van der Waals surface area (Å²) in [7, 11) is 0. The zero-order chi connectivity index (χ0) is 11.9. The zero-order valence-electron chi connectivity index (χ0n) is 10.3. The second kappa shape index (κ2) is 3.91. The predicted molar refractivity (Wildman–Crippen MR) is 60.0 cm³/mol. The van der Waals surface area contributed by atoms with Gasteiger partial charge >= 0.3 is 6.09 Å². The SMILES string of the molecule is CC(C)(C)OC(=O)N1CC2CC(CO)C1C2. The number of hydrogen-bond donors (Lipinski definition) is 1. The van der Waals surface area contributed by atoms with E-state index in [9.17, 15) is 9.90 Å². The molecule has 4 heteroatoms. The maximum absolute atomic E-state index is 11.9. The van der Waals surface area contributed by atoms with Gasteiger partial charge in [0.1, 0.15) is 5.60 Å². The third-order valence-electron chi connectivity index (χ3n) is 3.47. The van der Waals surface area contributed by atoms with Crippen molar-refractivity contribution < 1.29 is 14.6 Å². The summed E-state index contributed by atoms with van der Waals surface area (Å²) in [5, 5.41) is 9.24. The average molecular weight is 227 g/mol. The fourth-order valence-electron chi connectivity index (χ4n) is 2.89. The Kier molecular flexibility index (Phi) is 2.86. The standard InChI is InChI=1S/C12H21NO3/c1-12(2,3)16-11(15)13-6-8-4-9(7-14)10(13)5-8/h8-10,14H,4-7H2,1-3H3. The maximum atomic E-state index is 11.9. The van der Waals surface area contributed by atoms with E-state index >= 15 is 0 Å². The first-order chi connectivity index (χ1) is 7.40. The third kappa shape index (κ3) is 2.17. The number of carbonyl (C=O) groups is 1. The molecule has 1 heterocycles. The summed E-state index contributed by atoms with van der Waals surface area (Å²) in [5.74, 6) is 0.820. The molecule has 4 nitrogen and oxygen atoms in total. The molecule has 2 bridgehead atoms. The molecular formula is C12H21NO3. The van der Waals surface area contributed by atoms with Gasteiger partial charge in [0, 0.05) is 25.1 Å². The van der Waals surface area contributed by atoms with E-state index in [1.54, 1.807) is 4.90 Å². The zero-order valence-corrected chi connectivity index (χ0v) is 10.3. The van der Waals surface area contributed by atoms with Crippen molar-refractivity contribution in [2.24, 2.45) is 11.8 Å². The first-order valence-electron chi connectivity index (χ1n) is 6.01. The number of nitrogens with zero attached hydrogens (tertiary/aromatic N) is 1. The van der Waals surface area contributed by atoms with Gasteiger partial charge in [-0.25, -0.2) is 4.79 Å². The largest absolute Gasteiger partial charge is 0.444 e. The first kappa shape index (κ1) is 11.7. The van der Waals surface area contributed by atoms with E-state index < -0.39 is 5.60 Å². The lowest BCUT2D eigenvalue weighted by atomic mass is 9.99. The Morgan fingerprint density at radius 3 is 2.62 bits per heavy atom. The van der Waals surface area contributed by atoms with Crippen LogP contribution in [0.5, 0.6) is 0 Å². The summed E-state index contributed by atoms with van der Waals surface area (Å²) < 4.78 is 5.37. The van der Waals surface area contributed by atoms with Crippen LogP contribution in [0.15, 0.2) is 0 Å². The van der Waals surface area contributed by atoms with Gasteiger partial charge in [-0.15, -0.1) is 0 Å². The maximum Gasteiger partial charge on any atom is 0.410 e. The quantitative estimate of drug-likeness (QED) is 0.740. The monoisotopic (exact) mass is 227 g/mol. The molecule has 3 atom stereocenters. The third-order valence-corrected chi connectivity index (χ3v) is 3.47. The van der Waals surface area contributed by atoms with E-state index in [1.807, 2.05) is 20.8 Å². The highest BCUT2D eigenvalue weighted by molar-refractivity contribution is 5.69. The highest BCUT2D eigenvalue weighted by Crippen LogP contribution is 2.42. The number of fused-ring (bicyclic) bond motifs is 2. The molecule has 3 unspecified atom stereocenters. The Labute approximate surface area is 96.6 Å². The van der Waals surface area contributed by atoms with Gasteiger partial charge in [0.2, 0.25) is 0 Å². The average Bonchev–Trinajstić information content (AvgIpc) is 2.72. The highest BCUT2D eigenvalue weighted by Gasteiger charge is 2.47. The van der Waals surface area contributed by atoms with E-state index in [-0.39, 0.29) is 24.7 Å². The molecule has 1 N–H and O–H groups in total. The molecule has 0 aromatic carbocycles. The highest BCUT2D eigenvalue weighted by atomic mass is 16.6. The van der Waals surface area contributed by atoms with Gasteiger partial charge in [-0.3, -0.25) is 0 Å². The fraction of sp³-hybridized carbons (Fsp3) is 0.917. The second-order valence-electron chi connectivity index (χ2n) is 5.98. The van der Waals surface area contributed by atoms with Crippen molar-refractivity contribution in [2.75, 3.05) is 13.2 Å². The van der Waals surface area contributed by atoms with E-state index in [4.69, 9.17) is 4.74 Å². The molecule has 92 valence electrons. The van der Waals surface area contributed by atoms with Crippen LogP contribution >= 0.6 is 0 Å². The van der Waals surface area contributed by atoms with Crippen molar-refractivity contribution in [3.05, 3.63) is 0 Å². The molecule has 16 heavy (non-hydrogen) atoms. The van der Waals surface area contributed by atoms with E-state index in [2.05, 4.69) is 0 Å². The Bertz CT molecular complexity index is 284. The number of ether oxygens (including phenoxy) is 1. The lowest BCUT2D eigenvalue weighted by Gasteiger charge is -2.33. The van der Waals surface area contributed by atoms with E-state index in [0.29, 0.717) is 5.92 Å². The van der Waals surface area contributed by atoms with Gasteiger partial charge in [-0.1, -0.05) is 0 Å². The Morgan fingerprint density at radius 1 is 1.44 bits per heavy atom. The van der Waals surface area contributed by atoms with Crippen molar-refractivity contribution in [1.82, 2.24) is 4.90 Å². The van der Waals surface area contributed by atoms with Crippen LogP contribution in [0.4, 0.5) is 4.79 Å². The second-order valence-corrected chi connectivity index (χ2v) is 5.98. The van der Waals surface area contributed by atoms with Crippen molar-refractivity contribution in [3.8, 4) is 0 Å². The molecule has 0 radical (unpaired) electrons. The van der Waals surface area contributed by atoms with Crippen LogP contribution in [0, 0.1) is 11.8 Å². The number of aliphatic hydroxyl groups excluding tert-OH is 1. The number of hydrogen-bond acceptors (Lipinski definition) is 3. The minimum absolute atomic E-state index is 0.181. The van der Waals surface area contributed by atoms with E-state index in [1.165, 1.54) is 0 Å². The number of piperidine rings is 1. The normalized spacial score (nSPS) is 33.2. The molecular weight excluding hydrogens is 206 g/mol. The van der Waals surface area contributed by atoms with Crippen molar-refractivity contribution in [1.29, 1.82) is 0 Å². The van der Waals surface area contributed by atoms with Crippen LogP contribution < -0.4 is 0 Å². The van der Waals surface area contributed by atoms with Gasteiger partial charge in [-0.2, -0.15) is 0 Å².